The number of hydrogen-bond acceptors (Lipinski definition) is 5. The molecule has 12 heteroatoms. The van der Waals surface area contributed by atoms with Gasteiger partial charge in [-0.3, -0.25) is 9.48 Å². The van der Waals surface area contributed by atoms with Crippen LogP contribution in [0.1, 0.15) is 45.1 Å². The van der Waals surface area contributed by atoms with Gasteiger partial charge < -0.3 is 10.2 Å². The van der Waals surface area contributed by atoms with Crippen molar-refractivity contribution >= 4 is 39.0 Å². The summed E-state index contributed by atoms with van der Waals surface area (Å²) in [5, 5.41) is 13.2. The van der Waals surface area contributed by atoms with Crippen molar-refractivity contribution in [2.24, 2.45) is 7.05 Å². The molecule has 3 aromatic rings. The summed E-state index contributed by atoms with van der Waals surface area (Å²) in [5.41, 5.74) is 1.69. The third kappa shape index (κ3) is 3.98. The molecule has 0 fully saturated rings. The van der Waals surface area contributed by atoms with Gasteiger partial charge in [0.1, 0.15) is 5.82 Å². The van der Waals surface area contributed by atoms with Crippen molar-refractivity contribution < 1.29 is 18.0 Å². The van der Waals surface area contributed by atoms with Gasteiger partial charge in [0.15, 0.2) is 11.7 Å². The van der Waals surface area contributed by atoms with Crippen LogP contribution in [0.2, 0.25) is 0 Å². The standard InChI is InChI=1S/C19H20BrF3N6OS/c1-10-11(8-24-28(10)3)9-27(2)18(30)16-15(20)17-25-12(13-5-4-6-31-13)7-14(19(21,22)23)29(17)26-16/h4-6,8,12,14,25H,7,9H2,1-3H3/t12-,14+/m0/s1. The Kier molecular flexibility index (Phi) is 5.63. The van der Waals surface area contributed by atoms with E-state index >= 15 is 0 Å². The SMILES string of the molecule is Cc1c(CN(C)C(=O)c2nn3c(c2Br)N[C@H](c2cccs2)C[C@@H]3C(F)(F)F)cnn1C. The molecule has 0 saturated carbocycles. The highest BCUT2D eigenvalue weighted by atomic mass is 79.9. The predicted octanol–water partition coefficient (Wildman–Crippen LogP) is 4.68. The Labute approximate surface area is 189 Å². The Balaban J connectivity index is 1.67. The van der Waals surface area contributed by atoms with Gasteiger partial charge >= 0.3 is 6.18 Å². The van der Waals surface area contributed by atoms with E-state index in [0.29, 0.717) is 0 Å². The number of aromatic nitrogens is 4. The molecular weight excluding hydrogens is 497 g/mol. The van der Waals surface area contributed by atoms with E-state index in [9.17, 15) is 18.0 Å². The number of aryl methyl sites for hydroxylation is 1. The first-order valence-electron chi connectivity index (χ1n) is 9.45. The first-order chi connectivity index (χ1) is 14.6. The van der Waals surface area contributed by atoms with E-state index in [1.54, 1.807) is 37.1 Å². The normalized spacial score (nSPS) is 18.5. The van der Waals surface area contributed by atoms with E-state index in [2.05, 4.69) is 31.4 Å². The number of amides is 1. The third-order valence-electron chi connectivity index (χ3n) is 5.48. The van der Waals surface area contributed by atoms with Gasteiger partial charge in [0.05, 0.1) is 16.7 Å². The number of thiophene rings is 1. The van der Waals surface area contributed by atoms with Gasteiger partial charge in [-0.2, -0.15) is 23.4 Å². The van der Waals surface area contributed by atoms with Gasteiger partial charge in [-0.1, -0.05) is 6.07 Å². The molecule has 1 aliphatic heterocycles. The zero-order valence-electron chi connectivity index (χ0n) is 16.9. The van der Waals surface area contributed by atoms with Crippen LogP contribution in [-0.2, 0) is 13.6 Å². The van der Waals surface area contributed by atoms with E-state index in [-0.39, 0.29) is 29.0 Å². The molecule has 166 valence electrons. The minimum atomic E-state index is -4.50. The highest BCUT2D eigenvalue weighted by Gasteiger charge is 2.48. The van der Waals surface area contributed by atoms with Crippen LogP contribution in [0, 0.1) is 6.92 Å². The van der Waals surface area contributed by atoms with Crippen LogP contribution >= 0.6 is 27.3 Å². The summed E-state index contributed by atoms with van der Waals surface area (Å²) < 4.78 is 44.4. The molecule has 1 amide bonds. The summed E-state index contributed by atoms with van der Waals surface area (Å²) in [6, 6.07) is 1.24. The molecule has 1 N–H and O–H groups in total. The Morgan fingerprint density at radius 3 is 2.77 bits per heavy atom. The Bertz CT molecular complexity index is 1110. The molecule has 0 aliphatic carbocycles. The molecule has 2 atom stereocenters. The van der Waals surface area contributed by atoms with Crippen LogP contribution in [0.5, 0.6) is 0 Å². The summed E-state index contributed by atoms with van der Waals surface area (Å²) >= 11 is 4.71. The molecule has 0 spiro atoms. The number of alkyl halides is 3. The van der Waals surface area contributed by atoms with Gasteiger partial charge in [-0.15, -0.1) is 11.3 Å². The number of carbonyl (C=O) groups excluding carboxylic acids is 1. The van der Waals surface area contributed by atoms with Crippen molar-refractivity contribution in [1.29, 1.82) is 0 Å². The molecule has 0 saturated heterocycles. The lowest BCUT2D eigenvalue weighted by Crippen LogP contribution is -2.35. The smallest absolute Gasteiger partial charge is 0.362 e. The highest BCUT2D eigenvalue weighted by molar-refractivity contribution is 9.10. The van der Waals surface area contributed by atoms with Crippen molar-refractivity contribution in [3.05, 3.63) is 50.0 Å². The highest BCUT2D eigenvalue weighted by Crippen LogP contribution is 2.47. The molecule has 0 bridgehead atoms. The van der Waals surface area contributed by atoms with Crippen molar-refractivity contribution in [2.45, 2.75) is 38.1 Å². The quantitative estimate of drug-likeness (QED) is 0.546. The van der Waals surface area contributed by atoms with Crippen LogP contribution in [0.3, 0.4) is 0 Å². The Morgan fingerprint density at radius 2 is 2.19 bits per heavy atom. The lowest BCUT2D eigenvalue weighted by Gasteiger charge is -2.33. The molecule has 1 aliphatic rings. The Morgan fingerprint density at radius 1 is 1.45 bits per heavy atom. The molecule has 31 heavy (non-hydrogen) atoms. The fourth-order valence-corrected chi connectivity index (χ4v) is 4.95. The number of halogens is 4. The van der Waals surface area contributed by atoms with Crippen molar-refractivity contribution in [3.8, 4) is 0 Å². The third-order valence-corrected chi connectivity index (χ3v) is 7.21. The van der Waals surface area contributed by atoms with Gasteiger partial charge in [-0.25, -0.2) is 4.68 Å². The lowest BCUT2D eigenvalue weighted by atomic mass is 10.0. The van der Waals surface area contributed by atoms with Crippen LogP contribution in [0.4, 0.5) is 19.0 Å². The second-order valence-electron chi connectivity index (χ2n) is 7.50. The summed E-state index contributed by atoms with van der Waals surface area (Å²) in [4.78, 5) is 15.3. The van der Waals surface area contributed by atoms with Crippen molar-refractivity contribution in [3.63, 3.8) is 0 Å². The number of nitrogens with zero attached hydrogens (tertiary/aromatic N) is 5. The van der Waals surface area contributed by atoms with Crippen molar-refractivity contribution in [2.75, 3.05) is 12.4 Å². The fourth-order valence-electron chi connectivity index (χ4n) is 3.61. The zero-order chi connectivity index (χ0) is 22.5. The van der Waals surface area contributed by atoms with Gasteiger partial charge in [-0.05, 0) is 34.3 Å². The van der Waals surface area contributed by atoms with E-state index < -0.39 is 24.2 Å². The second-order valence-corrected chi connectivity index (χ2v) is 9.27. The second kappa shape index (κ2) is 7.97. The maximum absolute atomic E-state index is 13.9. The Hall–Kier alpha value is -2.34. The topological polar surface area (TPSA) is 68.0 Å². The van der Waals surface area contributed by atoms with Gasteiger partial charge in [0, 0.05) is 43.2 Å². The number of nitrogens with one attached hydrogen (secondary N) is 1. The predicted molar refractivity (Wildman–Crippen MR) is 114 cm³/mol. The van der Waals surface area contributed by atoms with Crippen LogP contribution in [-0.4, -0.2) is 43.6 Å². The molecule has 4 rings (SSSR count). The number of carbonyl (C=O) groups is 1. The minimum Gasteiger partial charge on any atom is -0.362 e. The van der Waals surface area contributed by atoms with Crippen LogP contribution < -0.4 is 5.32 Å². The van der Waals surface area contributed by atoms with Crippen LogP contribution in [0.25, 0.3) is 0 Å². The van der Waals surface area contributed by atoms with E-state index in [0.717, 1.165) is 20.8 Å². The van der Waals surface area contributed by atoms with Gasteiger partial charge in [0.2, 0.25) is 0 Å². The van der Waals surface area contributed by atoms with E-state index in [4.69, 9.17) is 0 Å². The molecule has 3 aromatic heterocycles. The average molecular weight is 517 g/mol. The largest absolute Gasteiger partial charge is 0.410 e. The molecular formula is C19H20BrF3N6OS. The maximum Gasteiger partial charge on any atom is 0.410 e. The maximum atomic E-state index is 13.9. The molecule has 0 aromatic carbocycles. The number of rotatable bonds is 4. The number of fused-ring (bicyclic) bond motifs is 1. The summed E-state index contributed by atoms with van der Waals surface area (Å²) in [6.07, 6.45) is -3.04. The summed E-state index contributed by atoms with van der Waals surface area (Å²) in [7, 11) is 3.39. The summed E-state index contributed by atoms with van der Waals surface area (Å²) in [6.45, 7) is 2.15. The van der Waals surface area contributed by atoms with Gasteiger partial charge in [0.25, 0.3) is 5.91 Å². The average Bonchev–Trinajstić information content (AvgIpc) is 3.43. The van der Waals surface area contributed by atoms with E-state index in [1.807, 2.05) is 12.3 Å². The monoisotopic (exact) mass is 516 g/mol. The van der Waals surface area contributed by atoms with Crippen molar-refractivity contribution in [1.82, 2.24) is 24.5 Å². The minimum absolute atomic E-state index is 0.0624. The molecule has 7 nitrogen and oxygen atoms in total. The fraction of sp³-hybridized carbons (Fsp3) is 0.421. The van der Waals surface area contributed by atoms with E-state index in [1.165, 1.54) is 16.2 Å². The summed E-state index contributed by atoms with van der Waals surface area (Å²) in [5.74, 6) is -0.325. The first-order valence-corrected chi connectivity index (χ1v) is 11.1. The molecule has 4 heterocycles. The molecule has 0 unspecified atom stereocenters. The number of hydrogen-bond donors (Lipinski definition) is 1. The molecule has 0 radical (unpaired) electrons. The lowest BCUT2D eigenvalue weighted by molar-refractivity contribution is -0.173. The zero-order valence-corrected chi connectivity index (χ0v) is 19.3. The van der Waals surface area contributed by atoms with Crippen LogP contribution in [0.15, 0.2) is 28.2 Å². The number of anilines is 1. The first kappa shape index (κ1) is 21.9.